The number of nitrogens with zero attached hydrogens (tertiary/aromatic N) is 5. The molecule has 26 heavy (non-hydrogen) atoms. The second-order valence-electron chi connectivity index (χ2n) is 7.07. The molecule has 8 heteroatoms. The fraction of sp³-hybridized carbons (Fsp3) is 0.444. The molecule has 1 aliphatic carbocycles. The Morgan fingerprint density at radius 2 is 2.12 bits per heavy atom. The number of benzene rings is 1. The number of urea groups is 1. The summed E-state index contributed by atoms with van der Waals surface area (Å²) in [6, 6.07) is 7.67. The van der Waals surface area contributed by atoms with E-state index in [1.807, 2.05) is 35.9 Å². The molecule has 1 aromatic carbocycles. The van der Waals surface area contributed by atoms with Gasteiger partial charge in [0.1, 0.15) is 16.9 Å². The van der Waals surface area contributed by atoms with E-state index in [4.69, 9.17) is 4.63 Å². The Hall–Kier alpha value is -2.90. The molecular weight excluding hydrogens is 332 g/mol. The summed E-state index contributed by atoms with van der Waals surface area (Å²) in [5.41, 5.74) is 3.25. The Kier molecular flexibility index (Phi) is 4.10. The Balaban J connectivity index is 1.45. The van der Waals surface area contributed by atoms with Gasteiger partial charge in [-0.3, -0.25) is 5.32 Å². The lowest BCUT2D eigenvalue weighted by Crippen LogP contribution is -2.32. The van der Waals surface area contributed by atoms with Crippen molar-refractivity contribution in [3.8, 4) is 0 Å². The van der Waals surface area contributed by atoms with Crippen LogP contribution in [0.5, 0.6) is 0 Å². The summed E-state index contributed by atoms with van der Waals surface area (Å²) < 4.78 is 6.65. The molecule has 0 spiro atoms. The van der Waals surface area contributed by atoms with Gasteiger partial charge in [-0.05, 0) is 60.6 Å². The van der Waals surface area contributed by atoms with Crippen LogP contribution in [0.4, 0.5) is 10.6 Å². The van der Waals surface area contributed by atoms with Crippen molar-refractivity contribution in [1.29, 1.82) is 0 Å². The second kappa shape index (κ2) is 6.44. The van der Waals surface area contributed by atoms with Crippen LogP contribution in [-0.2, 0) is 6.54 Å². The largest absolute Gasteiger partial charge is 0.323 e. The first-order valence-corrected chi connectivity index (χ1v) is 8.81. The number of rotatable bonds is 5. The van der Waals surface area contributed by atoms with Crippen molar-refractivity contribution in [3.63, 3.8) is 0 Å². The molecule has 3 aromatic rings. The average molecular weight is 354 g/mol. The molecule has 0 aliphatic heterocycles. The van der Waals surface area contributed by atoms with Gasteiger partial charge < -0.3 is 4.90 Å². The zero-order chi connectivity index (χ0) is 18.3. The standard InChI is InChI=1S/C18H22N6O2/c1-11-8-17(24(20-11)12(2)14-5-6-14)19-18(25)23(3)10-13-4-7-15-16(9-13)22-26-21-15/h4,7-9,12,14H,5-6,10H2,1-3H3,(H,19,25)/t12-/m0/s1. The number of amides is 2. The van der Waals surface area contributed by atoms with E-state index in [1.54, 1.807) is 11.9 Å². The summed E-state index contributed by atoms with van der Waals surface area (Å²) >= 11 is 0. The van der Waals surface area contributed by atoms with Crippen molar-refractivity contribution >= 4 is 22.9 Å². The van der Waals surface area contributed by atoms with Crippen molar-refractivity contribution < 1.29 is 9.42 Å². The topological polar surface area (TPSA) is 89.1 Å². The van der Waals surface area contributed by atoms with Crippen molar-refractivity contribution in [2.45, 2.75) is 39.3 Å². The van der Waals surface area contributed by atoms with Crippen LogP contribution in [-0.4, -0.2) is 38.1 Å². The maximum Gasteiger partial charge on any atom is 0.323 e. The van der Waals surface area contributed by atoms with E-state index in [0.29, 0.717) is 29.5 Å². The smallest absolute Gasteiger partial charge is 0.323 e. The minimum Gasteiger partial charge on any atom is -0.323 e. The first-order chi connectivity index (χ1) is 12.5. The summed E-state index contributed by atoms with van der Waals surface area (Å²) in [6.45, 7) is 4.56. The Morgan fingerprint density at radius 1 is 1.35 bits per heavy atom. The van der Waals surface area contributed by atoms with Crippen LogP contribution in [0, 0.1) is 12.8 Å². The summed E-state index contributed by atoms with van der Waals surface area (Å²) in [5, 5.41) is 15.2. The Bertz CT molecular complexity index is 942. The number of anilines is 1. The molecule has 0 unspecified atom stereocenters. The molecule has 136 valence electrons. The molecule has 1 fully saturated rings. The van der Waals surface area contributed by atoms with Gasteiger partial charge in [-0.2, -0.15) is 5.10 Å². The monoisotopic (exact) mass is 354 g/mol. The lowest BCUT2D eigenvalue weighted by atomic mass is 10.2. The zero-order valence-corrected chi connectivity index (χ0v) is 15.1. The van der Waals surface area contributed by atoms with E-state index in [-0.39, 0.29) is 6.03 Å². The van der Waals surface area contributed by atoms with Crippen LogP contribution in [0.3, 0.4) is 0 Å². The van der Waals surface area contributed by atoms with Crippen molar-refractivity contribution in [2.75, 3.05) is 12.4 Å². The minimum absolute atomic E-state index is 0.174. The van der Waals surface area contributed by atoms with Crippen molar-refractivity contribution in [3.05, 3.63) is 35.5 Å². The van der Waals surface area contributed by atoms with Gasteiger partial charge in [-0.25, -0.2) is 14.1 Å². The predicted octanol–water partition coefficient (Wildman–Crippen LogP) is 3.36. The molecule has 1 atom stereocenters. The molecule has 0 saturated heterocycles. The highest BCUT2D eigenvalue weighted by Gasteiger charge is 2.31. The zero-order valence-electron chi connectivity index (χ0n) is 15.1. The van der Waals surface area contributed by atoms with Crippen LogP contribution in [0.25, 0.3) is 11.0 Å². The van der Waals surface area contributed by atoms with E-state index >= 15 is 0 Å². The normalized spacial score (nSPS) is 15.2. The third-order valence-electron chi connectivity index (χ3n) is 4.87. The first kappa shape index (κ1) is 16.6. The van der Waals surface area contributed by atoms with Gasteiger partial charge in [-0.15, -0.1) is 0 Å². The van der Waals surface area contributed by atoms with Gasteiger partial charge in [-0.1, -0.05) is 6.07 Å². The maximum absolute atomic E-state index is 12.6. The Morgan fingerprint density at radius 3 is 2.88 bits per heavy atom. The molecule has 4 rings (SSSR count). The first-order valence-electron chi connectivity index (χ1n) is 8.81. The number of carbonyl (C=O) groups excluding carboxylic acids is 1. The highest BCUT2D eigenvalue weighted by Crippen LogP contribution is 2.40. The van der Waals surface area contributed by atoms with Crippen LogP contribution >= 0.6 is 0 Å². The van der Waals surface area contributed by atoms with E-state index in [2.05, 4.69) is 27.7 Å². The lowest BCUT2D eigenvalue weighted by molar-refractivity contribution is 0.220. The summed E-state index contributed by atoms with van der Waals surface area (Å²) in [6.07, 6.45) is 2.46. The van der Waals surface area contributed by atoms with Crippen LogP contribution in [0.2, 0.25) is 0 Å². The van der Waals surface area contributed by atoms with Crippen LogP contribution in [0.15, 0.2) is 28.9 Å². The van der Waals surface area contributed by atoms with E-state index < -0.39 is 0 Å². The molecule has 1 N–H and O–H groups in total. The number of aryl methyl sites for hydroxylation is 1. The minimum atomic E-state index is -0.174. The lowest BCUT2D eigenvalue weighted by Gasteiger charge is -2.20. The van der Waals surface area contributed by atoms with E-state index in [0.717, 1.165) is 17.1 Å². The van der Waals surface area contributed by atoms with Gasteiger partial charge in [0, 0.05) is 19.7 Å². The van der Waals surface area contributed by atoms with Gasteiger partial charge in [0.05, 0.1) is 11.7 Å². The third-order valence-corrected chi connectivity index (χ3v) is 4.87. The molecule has 0 radical (unpaired) electrons. The number of nitrogens with one attached hydrogen (secondary N) is 1. The van der Waals surface area contributed by atoms with Gasteiger partial charge in [0.15, 0.2) is 0 Å². The summed E-state index contributed by atoms with van der Waals surface area (Å²) in [7, 11) is 1.76. The number of carbonyl (C=O) groups is 1. The number of fused-ring (bicyclic) bond motifs is 1. The van der Waals surface area contributed by atoms with Crippen LogP contribution in [0.1, 0.15) is 37.1 Å². The van der Waals surface area contributed by atoms with E-state index in [9.17, 15) is 4.79 Å². The van der Waals surface area contributed by atoms with E-state index in [1.165, 1.54) is 12.8 Å². The van der Waals surface area contributed by atoms with Crippen molar-refractivity contribution in [1.82, 2.24) is 25.0 Å². The highest BCUT2D eigenvalue weighted by atomic mass is 16.6. The highest BCUT2D eigenvalue weighted by molar-refractivity contribution is 5.88. The fourth-order valence-electron chi connectivity index (χ4n) is 3.18. The van der Waals surface area contributed by atoms with Gasteiger partial charge in [0.2, 0.25) is 0 Å². The quantitative estimate of drug-likeness (QED) is 0.759. The molecule has 2 aromatic heterocycles. The molecule has 2 heterocycles. The molecule has 1 aliphatic rings. The van der Waals surface area contributed by atoms with Gasteiger partial charge in [0.25, 0.3) is 0 Å². The molecular formula is C18H22N6O2. The number of aromatic nitrogens is 4. The Labute approximate surface area is 151 Å². The third kappa shape index (κ3) is 3.26. The molecule has 0 bridgehead atoms. The second-order valence-corrected chi connectivity index (χ2v) is 7.07. The van der Waals surface area contributed by atoms with Crippen LogP contribution < -0.4 is 5.32 Å². The van der Waals surface area contributed by atoms with Gasteiger partial charge >= 0.3 is 6.03 Å². The molecule has 1 saturated carbocycles. The summed E-state index contributed by atoms with van der Waals surface area (Å²) in [4.78, 5) is 14.3. The predicted molar refractivity (Wildman–Crippen MR) is 96.7 cm³/mol. The summed E-state index contributed by atoms with van der Waals surface area (Å²) in [5.74, 6) is 1.40. The van der Waals surface area contributed by atoms with Crippen molar-refractivity contribution in [2.24, 2.45) is 5.92 Å². The average Bonchev–Trinajstić information content (AvgIpc) is 3.25. The maximum atomic E-state index is 12.6. The SMILES string of the molecule is Cc1cc(NC(=O)N(C)Cc2ccc3nonc3c2)n([C@@H](C)C2CC2)n1. The number of hydrogen-bond donors (Lipinski definition) is 1. The fourth-order valence-corrected chi connectivity index (χ4v) is 3.18. The molecule has 8 nitrogen and oxygen atoms in total. The molecule has 2 amide bonds. The number of hydrogen-bond acceptors (Lipinski definition) is 5.